The summed E-state index contributed by atoms with van der Waals surface area (Å²) in [5, 5.41) is 2.60. The fraction of sp³-hybridized carbons (Fsp3) is 0.250. The molecule has 13 heteroatoms. The van der Waals surface area contributed by atoms with E-state index in [0.29, 0.717) is 51.0 Å². The van der Waals surface area contributed by atoms with E-state index in [9.17, 15) is 14.4 Å². The van der Waals surface area contributed by atoms with E-state index in [1.165, 1.54) is 13.0 Å². The number of ether oxygens (including phenoxy) is 2. The van der Waals surface area contributed by atoms with E-state index in [1.54, 1.807) is 83.4 Å². The molecule has 252 valence electrons. The van der Waals surface area contributed by atoms with Gasteiger partial charge in [0.15, 0.2) is 0 Å². The highest BCUT2D eigenvalue weighted by Gasteiger charge is 2.31. The maximum atomic E-state index is 12.1. The van der Waals surface area contributed by atoms with E-state index < -0.39 is 0 Å². The normalized spacial score (nSPS) is 14.6. The van der Waals surface area contributed by atoms with Crippen LogP contribution < -0.4 is 11.1 Å². The van der Waals surface area contributed by atoms with Crippen LogP contribution in [0.5, 0.6) is 0 Å². The van der Waals surface area contributed by atoms with Crippen LogP contribution in [-0.2, 0) is 37.1 Å². The number of likely N-dealkylation sites (tertiary alicyclic amines) is 2. The topological polar surface area (TPSA) is 166 Å². The zero-order valence-corrected chi connectivity index (χ0v) is 27.1. The Morgan fingerprint density at radius 3 is 1.61 bits per heavy atom. The SMILES string of the molecule is CC(=O)Nc1ccc(/C=C/C(=O)N2CC(OCc3ccncc3)C2)cn1.Nc1ccc(/C=C/C(=O)N2CC(OCc3ccncc3)C2)cn1. The van der Waals surface area contributed by atoms with Crippen LogP contribution >= 0.6 is 0 Å². The Bertz CT molecular complexity index is 1720. The molecule has 4 aromatic rings. The molecule has 3 amide bonds. The molecule has 0 atom stereocenters. The van der Waals surface area contributed by atoms with Crippen molar-refractivity contribution in [2.75, 3.05) is 37.2 Å². The molecule has 49 heavy (non-hydrogen) atoms. The van der Waals surface area contributed by atoms with Crippen molar-refractivity contribution >= 4 is 41.5 Å². The maximum Gasteiger partial charge on any atom is 0.246 e. The van der Waals surface area contributed by atoms with E-state index in [1.807, 2.05) is 30.3 Å². The van der Waals surface area contributed by atoms with E-state index in [-0.39, 0.29) is 29.9 Å². The fourth-order valence-corrected chi connectivity index (χ4v) is 4.65. The van der Waals surface area contributed by atoms with Crippen molar-refractivity contribution in [2.24, 2.45) is 0 Å². The van der Waals surface area contributed by atoms with Crippen LogP contribution in [0.4, 0.5) is 11.6 Å². The largest absolute Gasteiger partial charge is 0.384 e. The zero-order valence-electron chi connectivity index (χ0n) is 27.1. The number of nitrogens with one attached hydrogen (secondary N) is 1. The van der Waals surface area contributed by atoms with Crippen LogP contribution in [0.1, 0.15) is 29.2 Å². The third-order valence-electron chi connectivity index (χ3n) is 7.53. The van der Waals surface area contributed by atoms with E-state index in [2.05, 4.69) is 25.3 Å². The lowest BCUT2D eigenvalue weighted by molar-refractivity contribution is -0.141. The number of nitrogen functional groups attached to an aromatic ring is 1. The van der Waals surface area contributed by atoms with Gasteiger partial charge in [0.25, 0.3) is 0 Å². The van der Waals surface area contributed by atoms with Crippen LogP contribution in [0.25, 0.3) is 12.2 Å². The third-order valence-corrected chi connectivity index (χ3v) is 7.53. The molecular formula is C36H38N8O5. The maximum absolute atomic E-state index is 12.1. The Hall–Kier alpha value is -5.79. The Kier molecular flexibility index (Phi) is 12.3. The van der Waals surface area contributed by atoms with Crippen LogP contribution in [0.15, 0.2) is 97.9 Å². The highest BCUT2D eigenvalue weighted by atomic mass is 16.5. The molecule has 2 saturated heterocycles. The summed E-state index contributed by atoms with van der Waals surface area (Å²) in [4.78, 5) is 54.6. The first-order chi connectivity index (χ1) is 23.8. The molecule has 2 aliphatic rings. The smallest absolute Gasteiger partial charge is 0.246 e. The number of pyridine rings is 4. The molecule has 0 spiro atoms. The molecule has 13 nitrogen and oxygen atoms in total. The Balaban J connectivity index is 0.000000192. The number of nitrogens with two attached hydrogens (primary N) is 1. The predicted octanol–water partition coefficient (Wildman–Crippen LogP) is 3.38. The third kappa shape index (κ3) is 11.2. The molecule has 0 aromatic carbocycles. The van der Waals surface area contributed by atoms with Gasteiger partial charge in [0.1, 0.15) is 11.6 Å². The molecule has 2 fully saturated rings. The van der Waals surface area contributed by atoms with Gasteiger partial charge in [0.05, 0.1) is 25.4 Å². The monoisotopic (exact) mass is 662 g/mol. The van der Waals surface area contributed by atoms with Gasteiger partial charge in [0, 0.05) is 82.4 Å². The van der Waals surface area contributed by atoms with E-state index in [0.717, 1.165) is 22.3 Å². The second-order valence-electron chi connectivity index (χ2n) is 11.4. The van der Waals surface area contributed by atoms with Crippen molar-refractivity contribution in [2.45, 2.75) is 32.3 Å². The molecule has 6 rings (SSSR count). The zero-order chi connectivity index (χ0) is 34.4. The highest BCUT2D eigenvalue weighted by Crippen LogP contribution is 2.17. The molecule has 0 saturated carbocycles. The minimum atomic E-state index is -0.172. The van der Waals surface area contributed by atoms with Crippen LogP contribution in [0.2, 0.25) is 0 Å². The van der Waals surface area contributed by atoms with Crippen molar-refractivity contribution in [3.05, 3.63) is 120 Å². The van der Waals surface area contributed by atoms with Gasteiger partial charge in [-0.25, -0.2) is 9.97 Å². The predicted molar refractivity (Wildman–Crippen MR) is 184 cm³/mol. The number of nitrogens with zero attached hydrogens (tertiary/aromatic N) is 6. The molecule has 2 aliphatic heterocycles. The molecule has 6 heterocycles. The van der Waals surface area contributed by atoms with Crippen molar-refractivity contribution < 1.29 is 23.9 Å². The van der Waals surface area contributed by atoms with Crippen molar-refractivity contribution in [1.82, 2.24) is 29.7 Å². The van der Waals surface area contributed by atoms with Crippen LogP contribution in [0, 0.1) is 0 Å². The number of anilines is 2. The van der Waals surface area contributed by atoms with Gasteiger partial charge in [-0.15, -0.1) is 0 Å². The number of hydrogen-bond acceptors (Lipinski definition) is 10. The van der Waals surface area contributed by atoms with Gasteiger partial charge in [-0.05, 0) is 82.9 Å². The molecule has 0 unspecified atom stereocenters. The van der Waals surface area contributed by atoms with Gasteiger partial charge in [-0.2, -0.15) is 0 Å². The second kappa shape index (κ2) is 17.4. The van der Waals surface area contributed by atoms with Crippen molar-refractivity contribution in [3.8, 4) is 0 Å². The van der Waals surface area contributed by atoms with Gasteiger partial charge in [-0.3, -0.25) is 24.4 Å². The average Bonchev–Trinajstić information content (AvgIpc) is 3.07. The lowest BCUT2D eigenvalue weighted by Crippen LogP contribution is -2.54. The van der Waals surface area contributed by atoms with Gasteiger partial charge < -0.3 is 30.3 Å². The first-order valence-electron chi connectivity index (χ1n) is 15.7. The first-order valence-corrected chi connectivity index (χ1v) is 15.7. The molecule has 0 radical (unpaired) electrons. The van der Waals surface area contributed by atoms with Crippen molar-refractivity contribution in [1.29, 1.82) is 0 Å². The molecule has 4 aromatic heterocycles. The first kappa shape index (κ1) is 34.5. The minimum absolute atomic E-state index is 0.0226. The van der Waals surface area contributed by atoms with E-state index in [4.69, 9.17) is 15.2 Å². The number of aromatic nitrogens is 4. The van der Waals surface area contributed by atoms with Gasteiger partial charge in [0.2, 0.25) is 17.7 Å². The number of amides is 3. The second-order valence-corrected chi connectivity index (χ2v) is 11.4. The highest BCUT2D eigenvalue weighted by molar-refractivity contribution is 5.93. The summed E-state index contributed by atoms with van der Waals surface area (Å²) < 4.78 is 11.5. The standard InChI is InChI=1S/C19H20N4O3.C17H18N4O2/c1-14(24)22-18-4-2-15(10-21-18)3-5-19(25)23-11-17(12-23)26-13-16-6-8-20-9-7-16;18-16-3-1-13(9-20-16)2-4-17(22)21-10-15(11-21)23-12-14-5-7-19-8-6-14/h2-10,17H,11-13H2,1H3,(H,21,22,24);1-9,15H,10-12H2,(H2,18,20)/b5-3+;4-2+. The summed E-state index contributed by atoms with van der Waals surface area (Å²) in [6.45, 7) is 4.92. The number of carbonyl (C=O) groups is 3. The molecular weight excluding hydrogens is 624 g/mol. The summed E-state index contributed by atoms with van der Waals surface area (Å²) in [6, 6.07) is 14.7. The van der Waals surface area contributed by atoms with Gasteiger partial charge in [-0.1, -0.05) is 0 Å². The summed E-state index contributed by atoms with van der Waals surface area (Å²) >= 11 is 0. The van der Waals surface area contributed by atoms with Crippen molar-refractivity contribution in [3.63, 3.8) is 0 Å². The van der Waals surface area contributed by atoms with Crippen LogP contribution in [-0.4, -0.2) is 85.8 Å². The Labute approximate surface area is 284 Å². The quantitative estimate of drug-likeness (QED) is 0.228. The Morgan fingerprint density at radius 1 is 0.735 bits per heavy atom. The molecule has 3 N–H and O–H groups in total. The van der Waals surface area contributed by atoms with Gasteiger partial charge >= 0.3 is 0 Å². The number of carbonyl (C=O) groups excluding carboxylic acids is 3. The fourth-order valence-electron chi connectivity index (χ4n) is 4.65. The lowest BCUT2D eigenvalue weighted by atomic mass is 10.1. The number of rotatable bonds is 11. The summed E-state index contributed by atoms with van der Waals surface area (Å²) in [7, 11) is 0. The molecule has 0 bridgehead atoms. The lowest BCUT2D eigenvalue weighted by Gasteiger charge is -2.38. The van der Waals surface area contributed by atoms with E-state index >= 15 is 0 Å². The summed E-state index contributed by atoms with van der Waals surface area (Å²) in [5.41, 5.74) is 9.31. The Morgan fingerprint density at radius 2 is 1.20 bits per heavy atom. The summed E-state index contributed by atoms with van der Waals surface area (Å²) in [6.07, 6.45) is 16.9. The minimum Gasteiger partial charge on any atom is -0.384 e. The average molecular weight is 663 g/mol. The summed E-state index contributed by atoms with van der Waals surface area (Å²) in [5.74, 6) is 0.697. The number of hydrogen-bond donors (Lipinski definition) is 2. The molecule has 0 aliphatic carbocycles. The van der Waals surface area contributed by atoms with Crippen LogP contribution in [0.3, 0.4) is 0 Å².